The second kappa shape index (κ2) is 6.94. The number of hydrogen-bond donors (Lipinski definition) is 2. The van der Waals surface area contributed by atoms with Crippen LogP contribution < -0.4 is 5.48 Å². The van der Waals surface area contributed by atoms with Crippen molar-refractivity contribution in [2.24, 2.45) is 4.99 Å². The summed E-state index contributed by atoms with van der Waals surface area (Å²) in [6, 6.07) is 23.6. The Bertz CT molecular complexity index is 991. The summed E-state index contributed by atoms with van der Waals surface area (Å²) >= 11 is 0. The smallest absolute Gasteiger partial charge is 0.274 e. The third-order valence-electron chi connectivity index (χ3n) is 4.68. The molecule has 0 bridgehead atoms. The van der Waals surface area contributed by atoms with Crippen molar-refractivity contribution in [3.63, 3.8) is 0 Å². The van der Waals surface area contributed by atoms with Crippen LogP contribution in [0.5, 0.6) is 0 Å². The SMILES string of the molecule is O=C(NO)c1ccc(C2=Nc3ccccc3CCc3ccccc32)cc1. The Morgan fingerprint density at radius 3 is 2.27 bits per heavy atom. The van der Waals surface area contributed by atoms with Gasteiger partial charge in [0, 0.05) is 16.7 Å². The summed E-state index contributed by atoms with van der Waals surface area (Å²) in [6.45, 7) is 0. The Balaban J connectivity index is 1.87. The summed E-state index contributed by atoms with van der Waals surface area (Å²) in [5.41, 5.74) is 8.47. The lowest BCUT2D eigenvalue weighted by molar-refractivity contribution is 0.0706. The molecule has 0 spiro atoms. The second-order valence-corrected chi connectivity index (χ2v) is 6.26. The Morgan fingerprint density at radius 1 is 0.846 bits per heavy atom. The number of hydroxylamine groups is 1. The summed E-state index contributed by atoms with van der Waals surface area (Å²) in [5, 5.41) is 8.79. The van der Waals surface area contributed by atoms with Crippen LogP contribution in [0.2, 0.25) is 0 Å². The number of rotatable bonds is 2. The maximum absolute atomic E-state index is 11.6. The number of nitrogens with one attached hydrogen (secondary N) is 1. The molecule has 4 heteroatoms. The summed E-state index contributed by atoms with van der Waals surface area (Å²) in [7, 11) is 0. The monoisotopic (exact) mass is 342 g/mol. The Kier molecular flexibility index (Phi) is 4.33. The van der Waals surface area contributed by atoms with E-state index in [1.807, 2.05) is 36.4 Å². The van der Waals surface area contributed by atoms with Crippen LogP contribution in [-0.4, -0.2) is 16.8 Å². The summed E-state index contributed by atoms with van der Waals surface area (Å²) < 4.78 is 0. The van der Waals surface area contributed by atoms with Crippen molar-refractivity contribution in [3.05, 3.63) is 101 Å². The first-order valence-corrected chi connectivity index (χ1v) is 8.56. The van der Waals surface area contributed by atoms with E-state index < -0.39 is 5.91 Å². The molecule has 0 aromatic heterocycles. The fourth-order valence-corrected chi connectivity index (χ4v) is 3.31. The zero-order valence-corrected chi connectivity index (χ0v) is 14.1. The minimum absolute atomic E-state index is 0.399. The highest BCUT2D eigenvalue weighted by atomic mass is 16.5. The van der Waals surface area contributed by atoms with E-state index in [2.05, 4.69) is 24.3 Å². The van der Waals surface area contributed by atoms with Crippen molar-refractivity contribution in [2.45, 2.75) is 12.8 Å². The Hall–Kier alpha value is -3.24. The number of fused-ring (bicyclic) bond motifs is 2. The molecule has 26 heavy (non-hydrogen) atoms. The van der Waals surface area contributed by atoms with Gasteiger partial charge in [0.05, 0.1) is 11.4 Å². The number of amides is 1. The van der Waals surface area contributed by atoms with Gasteiger partial charge in [-0.05, 0) is 42.2 Å². The van der Waals surface area contributed by atoms with Gasteiger partial charge in [0.15, 0.2) is 0 Å². The first kappa shape index (κ1) is 16.2. The highest BCUT2D eigenvalue weighted by Gasteiger charge is 2.16. The minimum Gasteiger partial charge on any atom is -0.288 e. The molecule has 3 aromatic carbocycles. The molecule has 3 aromatic rings. The van der Waals surface area contributed by atoms with Gasteiger partial charge < -0.3 is 0 Å². The highest BCUT2D eigenvalue weighted by Crippen LogP contribution is 2.28. The number of aryl methyl sites for hydroxylation is 2. The zero-order chi connectivity index (χ0) is 17.9. The van der Waals surface area contributed by atoms with Gasteiger partial charge in [0.1, 0.15) is 0 Å². The van der Waals surface area contributed by atoms with Crippen LogP contribution in [0.25, 0.3) is 0 Å². The maximum atomic E-state index is 11.6. The number of carbonyl (C=O) groups excluding carboxylic acids is 1. The van der Waals surface area contributed by atoms with Crippen LogP contribution in [0.15, 0.2) is 77.8 Å². The number of carbonyl (C=O) groups is 1. The van der Waals surface area contributed by atoms with E-state index in [-0.39, 0.29) is 0 Å². The van der Waals surface area contributed by atoms with Crippen LogP contribution >= 0.6 is 0 Å². The van der Waals surface area contributed by atoms with Crippen molar-refractivity contribution >= 4 is 17.3 Å². The molecule has 0 radical (unpaired) electrons. The lowest BCUT2D eigenvalue weighted by Crippen LogP contribution is -2.18. The fraction of sp³-hybridized carbons (Fsp3) is 0.0909. The third-order valence-corrected chi connectivity index (χ3v) is 4.68. The largest absolute Gasteiger partial charge is 0.288 e. The van der Waals surface area contributed by atoms with Gasteiger partial charge in [-0.15, -0.1) is 0 Å². The van der Waals surface area contributed by atoms with E-state index in [9.17, 15) is 4.79 Å². The predicted octanol–water partition coefficient (Wildman–Crippen LogP) is 4.07. The summed E-state index contributed by atoms with van der Waals surface area (Å²) in [5.74, 6) is -0.526. The molecule has 4 rings (SSSR count). The average Bonchev–Trinajstić information content (AvgIpc) is 2.69. The lowest BCUT2D eigenvalue weighted by Gasteiger charge is -2.17. The van der Waals surface area contributed by atoms with Gasteiger partial charge in [-0.1, -0.05) is 54.6 Å². The van der Waals surface area contributed by atoms with Crippen LogP contribution in [0.1, 0.15) is 32.6 Å². The van der Waals surface area contributed by atoms with Crippen molar-refractivity contribution in [2.75, 3.05) is 0 Å². The van der Waals surface area contributed by atoms with Crippen LogP contribution in [-0.2, 0) is 12.8 Å². The van der Waals surface area contributed by atoms with Gasteiger partial charge in [0.25, 0.3) is 5.91 Å². The van der Waals surface area contributed by atoms with E-state index in [1.54, 1.807) is 17.6 Å². The average molecular weight is 342 g/mol. The van der Waals surface area contributed by atoms with Crippen molar-refractivity contribution in [3.8, 4) is 0 Å². The number of benzene rings is 3. The van der Waals surface area contributed by atoms with E-state index >= 15 is 0 Å². The molecule has 0 saturated heterocycles. The van der Waals surface area contributed by atoms with Gasteiger partial charge in [0.2, 0.25) is 0 Å². The van der Waals surface area contributed by atoms with E-state index in [4.69, 9.17) is 10.2 Å². The third kappa shape index (κ3) is 3.03. The Morgan fingerprint density at radius 2 is 1.50 bits per heavy atom. The summed E-state index contributed by atoms with van der Waals surface area (Å²) in [4.78, 5) is 16.5. The van der Waals surface area contributed by atoms with E-state index in [0.717, 1.165) is 35.4 Å². The molecular weight excluding hydrogens is 324 g/mol. The normalized spacial score (nSPS) is 12.9. The molecule has 1 aliphatic rings. The molecule has 1 amide bonds. The number of nitrogens with zero attached hydrogens (tertiary/aromatic N) is 1. The van der Waals surface area contributed by atoms with Gasteiger partial charge in [-0.2, -0.15) is 0 Å². The standard InChI is InChI=1S/C22H18N2O2/c25-22(24-26)18-13-11-17(12-14-18)21-19-7-3-1-5-15(19)9-10-16-6-2-4-8-20(16)23-21/h1-8,11-14,26H,9-10H2,(H,24,25). The maximum Gasteiger partial charge on any atom is 0.274 e. The van der Waals surface area contributed by atoms with Crippen LogP contribution in [0.3, 0.4) is 0 Å². The zero-order valence-electron chi connectivity index (χ0n) is 14.1. The summed E-state index contributed by atoms with van der Waals surface area (Å²) in [6.07, 6.45) is 1.91. The molecule has 2 N–H and O–H groups in total. The number of aliphatic imine (C=N–C) groups is 1. The molecular formula is C22H18N2O2. The predicted molar refractivity (Wildman–Crippen MR) is 101 cm³/mol. The van der Waals surface area contributed by atoms with Crippen molar-refractivity contribution in [1.82, 2.24) is 5.48 Å². The molecule has 1 heterocycles. The lowest BCUT2D eigenvalue weighted by atomic mass is 9.91. The Labute approximate surface area is 151 Å². The van der Waals surface area contributed by atoms with E-state index in [1.165, 1.54) is 11.1 Å². The number of hydrogen-bond acceptors (Lipinski definition) is 3. The number of para-hydroxylation sites is 1. The highest BCUT2D eigenvalue weighted by molar-refractivity contribution is 6.15. The molecule has 0 unspecified atom stereocenters. The minimum atomic E-state index is -0.526. The topological polar surface area (TPSA) is 61.7 Å². The molecule has 4 nitrogen and oxygen atoms in total. The molecule has 0 saturated carbocycles. The fourth-order valence-electron chi connectivity index (χ4n) is 3.31. The molecule has 0 fully saturated rings. The van der Waals surface area contributed by atoms with E-state index in [0.29, 0.717) is 5.56 Å². The molecule has 1 aliphatic heterocycles. The van der Waals surface area contributed by atoms with Gasteiger partial charge in [-0.25, -0.2) is 10.5 Å². The molecule has 128 valence electrons. The van der Waals surface area contributed by atoms with Crippen molar-refractivity contribution < 1.29 is 10.0 Å². The molecule has 0 aliphatic carbocycles. The van der Waals surface area contributed by atoms with Gasteiger partial charge >= 0.3 is 0 Å². The first-order valence-electron chi connectivity index (χ1n) is 8.56. The van der Waals surface area contributed by atoms with Crippen molar-refractivity contribution in [1.29, 1.82) is 0 Å². The first-order chi connectivity index (χ1) is 12.8. The second-order valence-electron chi connectivity index (χ2n) is 6.26. The molecule has 0 atom stereocenters. The quantitative estimate of drug-likeness (QED) is 0.545. The van der Waals surface area contributed by atoms with Crippen LogP contribution in [0, 0.1) is 0 Å². The van der Waals surface area contributed by atoms with Crippen LogP contribution in [0.4, 0.5) is 5.69 Å². The van der Waals surface area contributed by atoms with Gasteiger partial charge in [-0.3, -0.25) is 10.0 Å².